The molecule has 0 radical (unpaired) electrons. The molecule has 0 aliphatic heterocycles. The molecule has 0 aromatic carbocycles. The zero-order valence-electron chi connectivity index (χ0n) is 8.74. The summed E-state index contributed by atoms with van der Waals surface area (Å²) >= 11 is 0. The van der Waals surface area contributed by atoms with E-state index in [1.165, 1.54) is 12.8 Å². The molecular formula is C5H16NO4P. The van der Waals surface area contributed by atoms with Crippen molar-refractivity contribution >= 4 is 7.82 Å². The van der Waals surface area contributed by atoms with Crippen LogP contribution in [0.1, 0.15) is 22.6 Å². The molecule has 0 fully saturated rings. The van der Waals surface area contributed by atoms with Gasteiger partial charge in [-0.2, -0.15) is 0 Å². The van der Waals surface area contributed by atoms with Crippen molar-refractivity contribution in [2.75, 3.05) is 13.6 Å². The molecule has 0 aliphatic rings. The molecule has 0 bridgehead atoms. The second-order valence-electron chi connectivity index (χ2n) is 1.93. The smallest absolute Gasteiger partial charge is 0.790 e. The van der Waals surface area contributed by atoms with Crippen LogP contribution in [0, 0.1) is 0 Å². The van der Waals surface area contributed by atoms with Gasteiger partial charge in [0.2, 0.25) is 0 Å². The quantitative estimate of drug-likeness (QED) is 0.436. The topological polar surface area (TPSA) is 95.5 Å². The van der Waals surface area contributed by atoms with E-state index in [2.05, 4.69) is 12.2 Å². The molecule has 0 rings (SSSR count). The van der Waals surface area contributed by atoms with Gasteiger partial charge in [-0.3, -0.25) is 0 Å². The summed E-state index contributed by atoms with van der Waals surface area (Å²) in [5.41, 5.74) is 0. The Hall–Kier alpha value is 0.0700. The van der Waals surface area contributed by atoms with Crippen molar-refractivity contribution in [1.29, 1.82) is 0 Å². The molecule has 0 spiro atoms. The SMILES string of the molecule is CCCCNC.O=P([O-])([O-])O.[H+].[H+]. The molecule has 0 aromatic heterocycles. The summed E-state index contributed by atoms with van der Waals surface area (Å²) in [6.07, 6.45) is 2.59. The van der Waals surface area contributed by atoms with Crippen LogP contribution in [0.5, 0.6) is 0 Å². The molecular weight excluding hydrogens is 169 g/mol. The first kappa shape index (κ1) is 13.6. The van der Waals surface area contributed by atoms with Crippen LogP contribution >= 0.6 is 7.82 Å². The molecule has 70 valence electrons. The summed E-state index contributed by atoms with van der Waals surface area (Å²) in [7, 11) is -3.16. The third-order valence-corrected chi connectivity index (χ3v) is 0.780. The maximum Gasteiger partial charge on any atom is 1.00 e. The maximum absolute atomic E-state index is 8.66. The van der Waals surface area contributed by atoms with E-state index in [0.717, 1.165) is 6.54 Å². The highest BCUT2D eigenvalue weighted by molar-refractivity contribution is 7.42. The van der Waals surface area contributed by atoms with Gasteiger partial charge in [-0.25, -0.2) is 0 Å². The van der Waals surface area contributed by atoms with Gasteiger partial charge in [0.25, 0.3) is 0 Å². The predicted molar refractivity (Wildman–Crippen MR) is 40.9 cm³/mol. The van der Waals surface area contributed by atoms with Crippen LogP contribution in [0.25, 0.3) is 0 Å². The van der Waals surface area contributed by atoms with Crippen molar-refractivity contribution in [3.63, 3.8) is 0 Å². The van der Waals surface area contributed by atoms with Gasteiger partial charge in [0.15, 0.2) is 0 Å². The molecule has 0 amide bonds. The zero-order valence-corrected chi connectivity index (χ0v) is 7.63. The Morgan fingerprint density at radius 2 is 2.00 bits per heavy atom. The first-order valence-electron chi connectivity index (χ1n) is 3.31. The first-order valence-corrected chi connectivity index (χ1v) is 4.80. The fourth-order valence-corrected chi connectivity index (χ4v) is 0.354. The van der Waals surface area contributed by atoms with E-state index >= 15 is 0 Å². The molecule has 0 atom stereocenters. The minimum Gasteiger partial charge on any atom is -0.790 e. The number of phosphoric acid groups is 1. The van der Waals surface area contributed by atoms with Gasteiger partial charge in [0.1, 0.15) is 0 Å². The lowest BCUT2D eigenvalue weighted by Gasteiger charge is -2.19. The molecule has 0 aromatic rings. The largest absolute Gasteiger partial charge is 1.00 e. The van der Waals surface area contributed by atoms with Gasteiger partial charge in [0, 0.05) is 0 Å². The van der Waals surface area contributed by atoms with E-state index in [1.807, 2.05) is 7.05 Å². The normalized spacial score (nSPS) is 10.3. The van der Waals surface area contributed by atoms with E-state index < -0.39 is 7.82 Å². The van der Waals surface area contributed by atoms with Crippen LogP contribution < -0.4 is 15.1 Å². The first-order chi connectivity index (χ1) is 4.91. The third-order valence-electron chi connectivity index (χ3n) is 0.780. The number of rotatable bonds is 3. The Morgan fingerprint density at radius 1 is 1.64 bits per heavy atom. The zero-order chi connectivity index (χ0) is 9.33. The minimum absolute atomic E-state index is 0. The van der Waals surface area contributed by atoms with Gasteiger partial charge in [-0.15, -0.1) is 0 Å². The Morgan fingerprint density at radius 3 is 2.09 bits per heavy atom. The lowest BCUT2D eigenvalue weighted by molar-refractivity contribution is -0.337. The van der Waals surface area contributed by atoms with Crippen LogP contribution in [0.15, 0.2) is 0 Å². The van der Waals surface area contributed by atoms with Gasteiger partial charge < -0.3 is 24.6 Å². The van der Waals surface area contributed by atoms with Gasteiger partial charge >= 0.3 is 2.85 Å². The van der Waals surface area contributed by atoms with Crippen LogP contribution in [0.4, 0.5) is 0 Å². The van der Waals surface area contributed by atoms with Crippen LogP contribution in [0.3, 0.4) is 0 Å². The van der Waals surface area contributed by atoms with Gasteiger partial charge in [0.05, 0.1) is 7.82 Å². The molecule has 11 heavy (non-hydrogen) atoms. The van der Waals surface area contributed by atoms with Crippen molar-refractivity contribution in [2.24, 2.45) is 0 Å². The predicted octanol–water partition coefficient (Wildman–Crippen LogP) is -0.962. The summed E-state index contributed by atoms with van der Waals surface area (Å²) in [5.74, 6) is 0. The highest BCUT2D eigenvalue weighted by Gasteiger charge is 1.73. The lowest BCUT2D eigenvalue weighted by atomic mass is 10.3. The summed E-state index contributed by atoms with van der Waals surface area (Å²) in [5, 5.41) is 3.07. The Kier molecular flexibility index (Phi) is 10.1. The molecule has 0 saturated carbocycles. The van der Waals surface area contributed by atoms with Crippen molar-refractivity contribution in [2.45, 2.75) is 19.8 Å². The monoisotopic (exact) mass is 185 g/mol. The van der Waals surface area contributed by atoms with Gasteiger partial charge in [-0.1, -0.05) is 13.3 Å². The van der Waals surface area contributed by atoms with E-state index in [0.29, 0.717) is 0 Å². The van der Waals surface area contributed by atoms with Crippen LogP contribution in [0.2, 0.25) is 0 Å². The molecule has 0 heterocycles. The van der Waals surface area contributed by atoms with Gasteiger partial charge in [-0.05, 0) is 20.0 Å². The summed E-state index contributed by atoms with van der Waals surface area (Å²) in [6, 6.07) is 0. The Balaban J connectivity index is -0.0000000546. The van der Waals surface area contributed by atoms with Crippen molar-refractivity contribution < 1.29 is 22.1 Å². The second-order valence-corrected chi connectivity index (χ2v) is 2.86. The average molecular weight is 185 g/mol. The second kappa shape index (κ2) is 8.17. The molecule has 0 saturated heterocycles. The van der Waals surface area contributed by atoms with Crippen LogP contribution in [-0.4, -0.2) is 18.5 Å². The summed E-state index contributed by atoms with van der Waals surface area (Å²) < 4.78 is 8.66. The van der Waals surface area contributed by atoms with E-state index in [1.54, 1.807) is 0 Å². The number of nitrogens with one attached hydrogen (secondary N) is 1. The van der Waals surface area contributed by atoms with E-state index in [4.69, 9.17) is 19.2 Å². The fourth-order valence-electron chi connectivity index (χ4n) is 0.354. The van der Waals surface area contributed by atoms with E-state index in [-0.39, 0.29) is 2.85 Å². The Labute approximate surface area is 69.7 Å². The lowest BCUT2D eigenvalue weighted by Crippen LogP contribution is -2.11. The standard InChI is InChI=1S/C5H13N.H3O4P/c1-3-4-5-6-2;1-5(2,3)4/h6H,3-5H2,1-2H3;(H3,1,2,3,4). The molecule has 2 N–H and O–H groups in total. The Bertz CT molecular complexity index is 109. The minimum atomic E-state index is -5.14. The summed E-state index contributed by atoms with van der Waals surface area (Å²) in [6.45, 7) is 3.36. The maximum atomic E-state index is 8.66. The average Bonchev–Trinajstić information content (AvgIpc) is 1.79. The highest BCUT2D eigenvalue weighted by Crippen LogP contribution is 2.11. The summed E-state index contributed by atoms with van der Waals surface area (Å²) in [4.78, 5) is 24.3. The highest BCUT2D eigenvalue weighted by atomic mass is 31.2. The number of unbranched alkanes of at least 4 members (excludes halogenated alkanes) is 1. The van der Waals surface area contributed by atoms with Crippen molar-refractivity contribution in [3.8, 4) is 0 Å². The van der Waals surface area contributed by atoms with Crippen molar-refractivity contribution in [3.05, 3.63) is 0 Å². The van der Waals surface area contributed by atoms with Crippen LogP contribution in [-0.2, 0) is 4.57 Å². The molecule has 5 nitrogen and oxygen atoms in total. The third kappa shape index (κ3) is 69.6. The van der Waals surface area contributed by atoms with E-state index in [9.17, 15) is 0 Å². The molecule has 0 aliphatic carbocycles. The van der Waals surface area contributed by atoms with Crippen molar-refractivity contribution in [1.82, 2.24) is 5.32 Å². The molecule has 6 heteroatoms. The number of hydrogen-bond acceptors (Lipinski definition) is 4. The fraction of sp³-hybridized carbons (Fsp3) is 1.00. The molecule has 0 unspecified atom stereocenters. The number of hydrogen-bond donors (Lipinski definition) is 2.